The van der Waals surface area contributed by atoms with Crippen LogP contribution in [0.1, 0.15) is 0 Å². The highest BCUT2D eigenvalue weighted by atomic mass is 79.9. The lowest BCUT2D eigenvalue weighted by Crippen LogP contribution is -1.98. The van der Waals surface area contributed by atoms with Crippen LogP contribution in [0.25, 0.3) is 22.3 Å². The molecule has 1 aromatic carbocycles. The van der Waals surface area contributed by atoms with Gasteiger partial charge in [-0.3, -0.25) is 0 Å². The van der Waals surface area contributed by atoms with Crippen molar-refractivity contribution in [3.05, 3.63) is 33.9 Å². The fourth-order valence-electron chi connectivity index (χ4n) is 2.02. The van der Waals surface area contributed by atoms with Crippen LogP contribution in [-0.2, 0) is 0 Å². The number of nitrogen functional groups attached to an aromatic ring is 1. The molecular weight excluding hydrogens is 344 g/mol. The summed E-state index contributed by atoms with van der Waals surface area (Å²) >= 11 is 9.71. The van der Waals surface area contributed by atoms with Gasteiger partial charge < -0.3 is 15.5 Å². The molecule has 0 aliphatic rings. The molecule has 0 fully saturated rings. The molecule has 0 amide bonds. The van der Waals surface area contributed by atoms with Gasteiger partial charge in [0.25, 0.3) is 0 Å². The third-order valence-electron chi connectivity index (χ3n) is 2.92. The topological polar surface area (TPSA) is 76.8 Å². The number of nitrogens with zero attached hydrogens (tertiary/aromatic N) is 2. The van der Waals surface area contributed by atoms with Gasteiger partial charge in [0.05, 0.1) is 27.6 Å². The minimum Gasteiger partial charge on any atom is -0.496 e. The Balaban J connectivity index is 2.33. The van der Waals surface area contributed by atoms with Gasteiger partial charge in [-0.05, 0) is 34.1 Å². The first-order valence-corrected chi connectivity index (χ1v) is 6.91. The zero-order valence-electron chi connectivity index (χ0n) is 10.4. The molecule has 0 spiro atoms. The quantitative estimate of drug-likeness (QED) is 0.737. The summed E-state index contributed by atoms with van der Waals surface area (Å²) < 4.78 is 6.07. The average molecular weight is 354 g/mol. The van der Waals surface area contributed by atoms with Gasteiger partial charge in [-0.25, -0.2) is 9.97 Å². The Morgan fingerprint density at radius 3 is 2.90 bits per heavy atom. The van der Waals surface area contributed by atoms with Crippen LogP contribution in [0.15, 0.2) is 28.9 Å². The number of methoxy groups -OCH3 is 1. The monoisotopic (exact) mass is 352 g/mol. The second-order valence-electron chi connectivity index (χ2n) is 4.13. The number of benzene rings is 1. The van der Waals surface area contributed by atoms with E-state index in [2.05, 4.69) is 30.9 Å². The number of H-pyrrole nitrogens is 1. The van der Waals surface area contributed by atoms with Gasteiger partial charge in [-0.2, -0.15) is 0 Å². The van der Waals surface area contributed by atoms with Gasteiger partial charge in [0.15, 0.2) is 0 Å². The maximum absolute atomic E-state index is 6.31. The number of hydrogen-bond acceptors (Lipinski definition) is 4. The Hall–Kier alpha value is -1.79. The molecule has 0 saturated heterocycles. The Morgan fingerprint density at radius 1 is 1.35 bits per heavy atom. The van der Waals surface area contributed by atoms with E-state index < -0.39 is 0 Å². The normalized spacial score (nSPS) is 10.9. The van der Waals surface area contributed by atoms with E-state index in [1.165, 1.54) is 0 Å². The lowest BCUT2D eigenvalue weighted by molar-refractivity contribution is 0.412. The molecule has 20 heavy (non-hydrogen) atoms. The van der Waals surface area contributed by atoms with Crippen LogP contribution in [0.4, 0.5) is 5.95 Å². The Kier molecular flexibility index (Phi) is 3.27. The average Bonchev–Trinajstić information content (AvgIpc) is 2.86. The number of halogens is 2. The van der Waals surface area contributed by atoms with Crippen LogP contribution in [0.3, 0.4) is 0 Å². The number of aromatic nitrogens is 3. The van der Waals surface area contributed by atoms with Gasteiger partial charge in [-0.1, -0.05) is 11.6 Å². The van der Waals surface area contributed by atoms with E-state index in [0.717, 1.165) is 21.1 Å². The van der Waals surface area contributed by atoms with E-state index in [-0.39, 0.29) is 5.95 Å². The van der Waals surface area contributed by atoms with Crippen molar-refractivity contribution in [3.8, 4) is 17.0 Å². The van der Waals surface area contributed by atoms with Crippen molar-refractivity contribution in [2.24, 2.45) is 0 Å². The highest BCUT2D eigenvalue weighted by Gasteiger charge is 2.15. The maximum atomic E-state index is 6.31. The second-order valence-corrected chi connectivity index (χ2v) is 5.40. The van der Waals surface area contributed by atoms with Gasteiger partial charge in [0.2, 0.25) is 5.95 Å². The van der Waals surface area contributed by atoms with Crippen molar-refractivity contribution >= 4 is 44.5 Å². The smallest absolute Gasteiger partial charge is 0.221 e. The molecule has 0 aliphatic carbocycles. The molecule has 0 atom stereocenters. The van der Waals surface area contributed by atoms with E-state index in [4.69, 9.17) is 22.1 Å². The Morgan fingerprint density at radius 2 is 2.15 bits per heavy atom. The van der Waals surface area contributed by atoms with E-state index >= 15 is 0 Å². The zero-order valence-corrected chi connectivity index (χ0v) is 12.8. The standard InChI is InChI=1S/C13H10BrClN4O/c1-20-10-4-6(8(15)5-7(10)14)11-12-9(2-3-17-12)18-13(16)19-11/h2-5,17H,1H3,(H2,16,18,19). The van der Waals surface area contributed by atoms with Crippen molar-refractivity contribution < 1.29 is 4.74 Å². The fourth-order valence-corrected chi connectivity index (χ4v) is 2.92. The lowest BCUT2D eigenvalue weighted by Gasteiger charge is -2.10. The van der Waals surface area contributed by atoms with Crippen LogP contribution < -0.4 is 10.5 Å². The Bertz CT molecular complexity index is 802. The minimum atomic E-state index is 0.199. The summed E-state index contributed by atoms with van der Waals surface area (Å²) in [6.07, 6.45) is 1.78. The number of fused-ring (bicyclic) bond motifs is 1. The van der Waals surface area contributed by atoms with E-state index in [9.17, 15) is 0 Å². The summed E-state index contributed by atoms with van der Waals surface area (Å²) in [6.45, 7) is 0. The van der Waals surface area contributed by atoms with E-state index in [1.54, 1.807) is 19.4 Å². The molecule has 0 saturated carbocycles. The molecule has 0 unspecified atom stereocenters. The number of ether oxygens (including phenoxy) is 1. The number of nitrogens with one attached hydrogen (secondary N) is 1. The molecular formula is C13H10BrClN4O. The van der Waals surface area contributed by atoms with Gasteiger partial charge in [0.1, 0.15) is 11.4 Å². The summed E-state index contributed by atoms with van der Waals surface area (Å²) in [6, 6.07) is 5.41. The highest BCUT2D eigenvalue weighted by molar-refractivity contribution is 9.10. The number of anilines is 1. The summed E-state index contributed by atoms with van der Waals surface area (Å²) in [5.74, 6) is 0.867. The molecule has 3 N–H and O–H groups in total. The molecule has 2 heterocycles. The fraction of sp³-hybridized carbons (Fsp3) is 0.0769. The highest BCUT2D eigenvalue weighted by Crippen LogP contribution is 2.38. The van der Waals surface area contributed by atoms with Gasteiger partial charge in [-0.15, -0.1) is 0 Å². The summed E-state index contributed by atoms with van der Waals surface area (Å²) in [5, 5.41) is 0.548. The molecule has 3 rings (SSSR count). The largest absolute Gasteiger partial charge is 0.496 e. The maximum Gasteiger partial charge on any atom is 0.221 e. The van der Waals surface area contributed by atoms with Crippen molar-refractivity contribution in [2.75, 3.05) is 12.8 Å². The first kappa shape index (κ1) is 13.2. The van der Waals surface area contributed by atoms with Crippen molar-refractivity contribution in [3.63, 3.8) is 0 Å². The molecule has 7 heteroatoms. The number of aromatic amines is 1. The lowest BCUT2D eigenvalue weighted by atomic mass is 10.1. The summed E-state index contributed by atoms with van der Waals surface area (Å²) in [7, 11) is 1.59. The van der Waals surface area contributed by atoms with Crippen molar-refractivity contribution in [1.29, 1.82) is 0 Å². The molecule has 2 aromatic heterocycles. The van der Waals surface area contributed by atoms with Crippen molar-refractivity contribution in [1.82, 2.24) is 15.0 Å². The zero-order chi connectivity index (χ0) is 14.3. The predicted molar refractivity (Wildman–Crippen MR) is 83.0 cm³/mol. The first-order chi connectivity index (χ1) is 9.60. The van der Waals surface area contributed by atoms with Crippen LogP contribution in [0, 0.1) is 0 Å². The first-order valence-electron chi connectivity index (χ1n) is 5.74. The van der Waals surface area contributed by atoms with Crippen LogP contribution in [-0.4, -0.2) is 22.1 Å². The third-order valence-corrected chi connectivity index (χ3v) is 3.85. The van der Waals surface area contributed by atoms with Crippen molar-refractivity contribution in [2.45, 2.75) is 0 Å². The van der Waals surface area contributed by atoms with Crippen LogP contribution in [0.5, 0.6) is 5.75 Å². The summed E-state index contributed by atoms with van der Waals surface area (Å²) in [5.41, 5.74) is 8.65. The molecule has 102 valence electrons. The number of nitrogens with two attached hydrogens (primary N) is 1. The summed E-state index contributed by atoms with van der Waals surface area (Å²) in [4.78, 5) is 11.6. The third kappa shape index (κ3) is 2.10. The minimum absolute atomic E-state index is 0.199. The SMILES string of the molecule is COc1cc(-c2nc(N)nc3cc[nH]c23)c(Cl)cc1Br. The predicted octanol–water partition coefficient (Wildman–Crippen LogP) is 3.63. The number of rotatable bonds is 2. The van der Waals surface area contributed by atoms with E-state index in [1.807, 2.05) is 12.1 Å². The van der Waals surface area contributed by atoms with Gasteiger partial charge >= 0.3 is 0 Å². The van der Waals surface area contributed by atoms with Gasteiger partial charge in [0, 0.05) is 11.8 Å². The van der Waals surface area contributed by atoms with Crippen LogP contribution in [0.2, 0.25) is 5.02 Å². The number of hydrogen-bond donors (Lipinski definition) is 2. The molecule has 3 aromatic rings. The van der Waals surface area contributed by atoms with Crippen LogP contribution >= 0.6 is 27.5 Å². The van der Waals surface area contributed by atoms with E-state index in [0.29, 0.717) is 16.5 Å². The Labute approximate surface area is 128 Å². The molecule has 5 nitrogen and oxygen atoms in total. The molecule has 0 radical (unpaired) electrons. The second kappa shape index (κ2) is 4.96. The molecule has 0 aliphatic heterocycles. The molecule has 0 bridgehead atoms.